The molecule has 0 spiro atoms. The van der Waals surface area contributed by atoms with Gasteiger partial charge in [-0.25, -0.2) is 4.98 Å². The van der Waals surface area contributed by atoms with E-state index in [9.17, 15) is 0 Å². The van der Waals surface area contributed by atoms with Crippen LogP contribution in [-0.2, 0) is 0 Å². The van der Waals surface area contributed by atoms with Crippen LogP contribution in [0, 0.1) is 0 Å². The van der Waals surface area contributed by atoms with Crippen LogP contribution in [0.1, 0.15) is 0 Å². The number of rotatable bonds is 1. The Morgan fingerprint density at radius 3 is 2.21 bits per heavy atom. The van der Waals surface area contributed by atoms with Crippen LogP contribution in [-0.4, -0.2) is 9.38 Å². The Bertz CT molecular complexity index is 2060. The Hall–Kier alpha value is -4.63. The number of imidazole rings is 1. The van der Waals surface area contributed by atoms with Crippen molar-refractivity contribution in [2.45, 2.75) is 0 Å². The molecule has 0 aliphatic carbocycles. The molecule has 0 bridgehead atoms. The van der Waals surface area contributed by atoms with Gasteiger partial charge in [-0.3, -0.25) is 4.40 Å². The van der Waals surface area contributed by atoms with Crippen molar-refractivity contribution < 1.29 is 4.42 Å². The predicted molar refractivity (Wildman–Crippen MR) is 140 cm³/mol. The second-order valence-electron chi connectivity index (χ2n) is 8.82. The summed E-state index contributed by atoms with van der Waals surface area (Å²) in [7, 11) is 0. The van der Waals surface area contributed by atoms with E-state index in [1.165, 1.54) is 16.3 Å². The summed E-state index contributed by atoms with van der Waals surface area (Å²) in [6.45, 7) is 0. The predicted octanol–water partition coefficient (Wildman–Crippen LogP) is 8.36. The SMILES string of the molecule is c1ccc(-c2ccc3c(c2)oc2c3ccc3c4ccccc4c4nc5ccccc5n4c32)cc1. The molecule has 0 unspecified atom stereocenters. The van der Waals surface area contributed by atoms with Crippen molar-refractivity contribution in [1.82, 2.24) is 9.38 Å². The van der Waals surface area contributed by atoms with E-state index < -0.39 is 0 Å². The minimum Gasteiger partial charge on any atom is -0.454 e. The molecular formula is C31H18N2O. The number of aromatic nitrogens is 2. The second-order valence-corrected chi connectivity index (χ2v) is 8.82. The fraction of sp³-hybridized carbons (Fsp3) is 0. The molecule has 0 saturated carbocycles. The standard InChI is InChI=1S/C31H18N2O/c1-2-8-19(9-3-1)20-14-15-22-24-17-16-23-21-10-4-5-11-25(21)31-32-26-12-6-7-13-27(26)33(31)29(23)30(24)34-28(22)18-20/h1-18H. The van der Waals surface area contributed by atoms with E-state index in [2.05, 4.69) is 101 Å². The third-order valence-electron chi connectivity index (χ3n) is 6.96. The highest BCUT2D eigenvalue weighted by molar-refractivity contribution is 6.22. The summed E-state index contributed by atoms with van der Waals surface area (Å²) >= 11 is 0. The van der Waals surface area contributed by atoms with E-state index >= 15 is 0 Å². The quantitative estimate of drug-likeness (QED) is 0.243. The summed E-state index contributed by atoms with van der Waals surface area (Å²) in [5.74, 6) is 0. The summed E-state index contributed by atoms with van der Waals surface area (Å²) in [6, 6.07) is 38.2. The largest absolute Gasteiger partial charge is 0.454 e. The molecule has 3 heterocycles. The number of fused-ring (bicyclic) bond motifs is 12. The van der Waals surface area contributed by atoms with Gasteiger partial charge >= 0.3 is 0 Å². The molecule has 158 valence electrons. The maximum absolute atomic E-state index is 6.65. The van der Waals surface area contributed by atoms with Crippen molar-refractivity contribution in [3.05, 3.63) is 109 Å². The van der Waals surface area contributed by atoms with Gasteiger partial charge in [0.2, 0.25) is 0 Å². The number of pyridine rings is 1. The molecule has 0 fully saturated rings. The van der Waals surface area contributed by atoms with Crippen LogP contribution in [0.2, 0.25) is 0 Å². The van der Waals surface area contributed by atoms with E-state index in [4.69, 9.17) is 9.40 Å². The molecule has 5 aromatic carbocycles. The number of hydrogen-bond acceptors (Lipinski definition) is 2. The minimum absolute atomic E-state index is 0.898. The molecule has 8 rings (SSSR count). The van der Waals surface area contributed by atoms with Gasteiger partial charge < -0.3 is 4.42 Å². The summed E-state index contributed by atoms with van der Waals surface area (Å²) < 4.78 is 8.93. The van der Waals surface area contributed by atoms with Gasteiger partial charge in [-0.1, -0.05) is 78.9 Å². The molecule has 0 aliphatic heterocycles. The molecule has 3 nitrogen and oxygen atoms in total. The molecule has 0 radical (unpaired) electrons. The van der Waals surface area contributed by atoms with Gasteiger partial charge in [0, 0.05) is 21.5 Å². The average Bonchev–Trinajstić information content (AvgIpc) is 3.47. The van der Waals surface area contributed by atoms with Crippen LogP contribution in [0.5, 0.6) is 0 Å². The first-order valence-electron chi connectivity index (χ1n) is 11.5. The number of hydrogen-bond donors (Lipinski definition) is 0. The van der Waals surface area contributed by atoms with Gasteiger partial charge in [0.25, 0.3) is 0 Å². The molecule has 0 aliphatic rings. The lowest BCUT2D eigenvalue weighted by molar-refractivity contribution is 0.671. The normalized spacial score (nSPS) is 12.1. The summed E-state index contributed by atoms with van der Waals surface area (Å²) in [6.07, 6.45) is 0. The molecule has 0 saturated heterocycles. The van der Waals surface area contributed by atoms with Crippen molar-refractivity contribution in [3.8, 4) is 11.1 Å². The van der Waals surface area contributed by atoms with Crippen LogP contribution in [0.15, 0.2) is 114 Å². The van der Waals surface area contributed by atoms with Crippen LogP contribution in [0.4, 0.5) is 0 Å². The molecule has 34 heavy (non-hydrogen) atoms. The van der Waals surface area contributed by atoms with Crippen molar-refractivity contribution in [1.29, 1.82) is 0 Å². The zero-order valence-corrected chi connectivity index (χ0v) is 18.2. The second kappa shape index (κ2) is 6.46. The molecule has 3 aromatic heterocycles. The topological polar surface area (TPSA) is 30.4 Å². The summed E-state index contributed by atoms with van der Waals surface area (Å²) in [5.41, 5.74) is 8.24. The van der Waals surface area contributed by atoms with Crippen molar-refractivity contribution in [3.63, 3.8) is 0 Å². The first-order valence-corrected chi connectivity index (χ1v) is 11.5. The molecular weight excluding hydrogens is 416 g/mol. The highest BCUT2D eigenvalue weighted by Gasteiger charge is 2.18. The van der Waals surface area contributed by atoms with E-state index in [1.807, 2.05) is 12.1 Å². The Morgan fingerprint density at radius 1 is 0.559 bits per heavy atom. The lowest BCUT2D eigenvalue weighted by atomic mass is 10.0. The van der Waals surface area contributed by atoms with Crippen LogP contribution >= 0.6 is 0 Å². The molecule has 8 aromatic rings. The highest BCUT2D eigenvalue weighted by Crippen LogP contribution is 2.40. The first kappa shape index (κ1) is 17.9. The first-order chi connectivity index (χ1) is 16.9. The van der Waals surface area contributed by atoms with Gasteiger partial charge in [-0.2, -0.15) is 0 Å². The number of furan rings is 1. The Morgan fingerprint density at radius 2 is 1.29 bits per heavy atom. The molecule has 3 heteroatoms. The Balaban J connectivity index is 1.59. The van der Waals surface area contributed by atoms with Crippen LogP contribution in [0.25, 0.3) is 71.4 Å². The average molecular weight is 434 g/mol. The van der Waals surface area contributed by atoms with E-state index in [-0.39, 0.29) is 0 Å². The zero-order chi connectivity index (χ0) is 22.2. The van der Waals surface area contributed by atoms with Gasteiger partial charge in [0.15, 0.2) is 5.58 Å². The van der Waals surface area contributed by atoms with Crippen LogP contribution < -0.4 is 0 Å². The Kier molecular flexibility index (Phi) is 3.39. The molecule has 0 amide bonds. The van der Waals surface area contributed by atoms with Gasteiger partial charge in [0.05, 0.1) is 16.6 Å². The fourth-order valence-electron chi connectivity index (χ4n) is 5.42. The smallest absolute Gasteiger partial charge is 0.160 e. The maximum Gasteiger partial charge on any atom is 0.160 e. The Labute approximate surface area is 194 Å². The van der Waals surface area contributed by atoms with Crippen molar-refractivity contribution in [2.24, 2.45) is 0 Å². The number of para-hydroxylation sites is 2. The lowest BCUT2D eigenvalue weighted by Crippen LogP contribution is -1.92. The third kappa shape index (κ3) is 2.28. The monoisotopic (exact) mass is 434 g/mol. The van der Waals surface area contributed by atoms with Gasteiger partial charge in [-0.05, 0) is 46.8 Å². The highest BCUT2D eigenvalue weighted by atomic mass is 16.3. The minimum atomic E-state index is 0.898. The molecule has 0 atom stereocenters. The number of nitrogens with zero attached hydrogens (tertiary/aromatic N) is 2. The van der Waals surface area contributed by atoms with Gasteiger partial charge in [0.1, 0.15) is 11.2 Å². The van der Waals surface area contributed by atoms with Crippen LogP contribution in [0.3, 0.4) is 0 Å². The fourth-order valence-corrected chi connectivity index (χ4v) is 5.42. The maximum atomic E-state index is 6.65. The molecule has 0 N–H and O–H groups in total. The van der Waals surface area contributed by atoms with E-state index in [0.717, 1.165) is 55.1 Å². The van der Waals surface area contributed by atoms with Crippen molar-refractivity contribution in [2.75, 3.05) is 0 Å². The van der Waals surface area contributed by atoms with Crippen molar-refractivity contribution >= 4 is 60.3 Å². The number of benzene rings is 5. The summed E-state index contributed by atoms with van der Waals surface area (Å²) in [4.78, 5) is 5.03. The van der Waals surface area contributed by atoms with E-state index in [1.54, 1.807) is 0 Å². The third-order valence-corrected chi connectivity index (χ3v) is 6.96. The lowest BCUT2D eigenvalue weighted by Gasteiger charge is -2.09. The van der Waals surface area contributed by atoms with E-state index in [0.29, 0.717) is 0 Å². The summed E-state index contributed by atoms with van der Waals surface area (Å²) in [5, 5.41) is 5.75. The van der Waals surface area contributed by atoms with Gasteiger partial charge in [-0.15, -0.1) is 0 Å². The zero-order valence-electron chi connectivity index (χ0n) is 18.2.